The minimum atomic E-state index is 0.0662. The van der Waals surface area contributed by atoms with E-state index in [2.05, 4.69) is 46.5 Å². The Kier molecular flexibility index (Phi) is 5.40. The van der Waals surface area contributed by atoms with Crippen LogP contribution in [0.15, 0.2) is 72.9 Å². The molecule has 0 spiro atoms. The molecule has 1 unspecified atom stereocenters. The lowest BCUT2D eigenvalue weighted by Gasteiger charge is -2.12. The zero-order valence-corrected chi connectivity index (χ0v) is 16.3. The van der Waals surface area contributed by atoms with Crippen LogP contribution < -0.4 is 11.1 Å². The molecular weight excluding hydrogens is 360 g/mol. The van der Waals surface area contributed by atoms with Crippen molar-refractivity contribution in [2.45, 2.75) is 19.4 Å². The number of rotatable bonds is 6. The van der Waals surface area contributed by atoms with Crippen LogP contribution in [-0.4, -0.2) is 27.7 Å². The molecule has 0 aliphatic heterocycles. The van der Waals surface area contributed by atoms with Crippen LogP contribution in [0.3, 0.4) is 0 Å². The molecule has 4 rings (SSSR count). The Labute approximate surface area is 170 Å². The van der Waals surface area contributed by atoms with Gasteiger partial charge in [-0.1, -0.05) is 55.5 Å². The molecule has 0 bridgehead atoms. The highest BCUT2D eigenvalue weighted by atomic mass is 16.3. The molecule has 0 aliphatic carbocycles. The zero-order chi connectivity index (χ0) is 20.2. The number of nitrogens with zero attached hydrogens (tertiary/aromatic N) is 2. The number of fused-ring (bicyclic) bond motifs is 1. The summed E-state index contributed by atoms with van der Waals surface area (Å²) >= 11 is 0. The van der Waals surface area contributed by atoms with Gasteiger partial charge < -0.3 is 16.2 Å². The number of benzene rings is 3. The maximum atomic E-state index is 10.5. The Morgan fingerprint density at radius 2 is 1.83 bits per heavy atom. The second-order valence-electron chi connectivity index (χ2n) is 7.07. The predicted molar refractivity (Wildman–Crippen MR) is 119 cm³/mol. The summed E-state index contributed by atoms with van der Waals surface area (Å²) in [6.07, 6.45) is 2.57. The summed E-state index contributed by atoms with van der Waals surface area (Å²) < 4.78 is 0. The van der Waals surface area contributed by atoms with Crippen LogP contribution in [0.25, 0.3) is 33.3 Å². The molecule has 0 saturated heterocycles. The highest BCUT2D eigenvalue weighted by Crippen LogP contribution is 2.35. The van der Waals surface area contributed by atoms with Gasteiger partial charge in [0.05, 0.1) is 5.56 Å². The molecule has 1 aromatic heterocycles. The van der Waals surface area contributed by atoms with Gasteiger partial charge >= 0.3 is 0 Å². The Balaban J connectivity index is 1.73. The van der Waals surface area contributed by atoms with Crippen LogP contribution in [0, 0.1) is 0 Å². The summed E-state index contributed by atoms with van der Waals surface area (Å²) in [6.45, 7) is 2.68. The van der Waals surface area contributed by atoms with Crippen molar-refractivity contribution in [3.63, 3.8) is 0 Å². The smallest absolute Gasteiger partial charge is 0.165 e. The maximum Gasteiger partial charge on any atom is 0.165 e. The first kappa shape index (κ1) is 18.9. The molecule has 29 heavy (non-hydrogen) atoms. The molecule has 3 aromatic carbocycles. The van der Waals surface area contributed by atoms with Crippen molar-refractivity contribution in [3.8, 4) is 28.3 Å². The van der Waals surface area contributed by atoms with Gasteiger partial charge in [0.1, 0.15) is 11.6 Å². The fourth-order valence-corrected chi connectivity index (χ4v) is 3.33. The van der Waals surface area contributed by atoms with E-state index in [1.807, 2.05) is 30.3 Å². The van der Waals surface area contributed by atoms with Gasteiger partial charge in [0.2, 0.25) is 0 Å². The van der Waals surface area contributed by atoms with Crippen LogP contribution in [0.5, 0.6) is 5.75 Å². The maximum absolute atomic E-state index is 10.5. The fourth-order valence-electron chi connectivity index (χ4n) is 3.33. The summed E-state index contributed by atoms with van der Waals surface area (Å²) in [5, 5.41) is 16.1. The fraction of sp³-hybridized carbons (Fsp3) is 0.167. The summed E-state index contributed by atoms with van der Waals surface area (Å²) in [5.41, 5.74) is 8.68. The van der Waals surface area contributed by atoms with E-state index < -0.39 is 0 Å². The van der Waals surface area contributed by atoms with Crippen molar-refractivity contribution < 1.29 is 5.11 Å². The van der Waals surface area contributed by atoms with Crippen molar-refractivity contribution in [1.29, 1.82) is 0 Å². The number of phenols is 1. The Bertz CT molecular complexity index is 1140. The Hall–Kier alpha value is -3.44. The summed E-state index contributed by atoms with van der Waals surface area (Å²) in [7, 11) is 0. The van der Waals surface area contributed by atoms with E-state index in [0.717, 1.165) is 22.9 Å². The van der Waals surface area contributed by atoms with Gasteiger partial charge in [-0.25, -0.2) is 9.97 Å². The van der Waals surface area contributed by atoms with Gasteiger partial charge in [-0.3, -0.25) is 0 Å². The number of nitrogens with two attached hydrogens (primary N) is 1. The number of hydrogen-bond donors (Lipinski definition) is 3. The lowest BCUT2D eigenvalue weighted by Crippen LogP contribution is -2.28. The first-order chi connectivity index (χ1) is 14.2. The summed E-state index contributed by atoms with van der Waals surface area (Å²) in [6, 6.07) is 21.9. The second kappa shape index (κ2) is 8.29. The Morgan fingerprint density at radius 3 is 2.69 bits per heavy atom. The number of anilines is 1. The van der Waals surface area contributed by atoms with Crippen molar-refractivity contribution in [1.82, 2.24) is 9.97 Å². The second-order valence-corrected chi connectivity index (χ2v) is 7.07. The monoisotopic (exact) mass is 384 g/mol. The molecule has 4 N–H and O–H groups in total. The largest absolute Gasteiger partial charge is 0.507 e. The standard InChI is InChI=1S/C24H24N4O/c1-2-18(25)15-27-23-12-13-26-24(28-23)21-14-17(10-11-22(21)29)20-9-5-7-16-6-3-4-8-19(16)20/h3-14,18,29H,2,15,25H2,1H3,(H,26,27,28). The predicted octanol–water partition coefficient (Wildman–Crippen LogP) is 4.82. The highest BCUT2D eigenvalue weighted by molar-refractivity contribution is 5.97. The van der Waals surface area contributed by atoms with E-state index >= 15 is 0 Å². The minimum absolute atomic E-state index is 0.0662. The molecular formula is C24H24N4O. The zero-order valence-electron chi connectivity index (χ0n) is 16.3. The average molecular weight is 384 g/mol. The molecule has 5 heteroatoms. The lowest BCUT2D eigenvalue weighted by molar-refractivity contribution is 0.477. The molecule has 0 radical (unpaired) electrons. The molecule has 0 fully saturated rings. The third-order valence-corrected chi connectivity index (χ3v) is 5.06. The number of nitrogens with one attached hydrogen (secondary N) is 1. The van der Waals surface area contributed by atoms with Crippen LogP contribution in [0.2, 0.25) is 0 Å². The normalized spacial score (nSPS) is 12.1. The van der Waals surface area contributed by atoms with E-state index in [1.54, 1.807) is 18.3 Å². The Morgan fingerprint density at radius 1 is 1.00 bits per heavy atom. The molecule has 0 aliphatic rings. The van der Waals surface area contributed by atoms with Crippen molar-refractivity contribution >= 4 is 16.6 Å². The van der Waals surface area contributed by atoms with Gasteiger partial charge in [0, 0.05) is 18.8 Å². The van der Waals surface area contributed by atoms with Crippen LogP contribution in [-0.2, 0) is 0 Å². The van der Waals surface area contributed by atoms with Gasteiger partial charge in [-0.2, -0.15) is 0 Å². The molecule has 1 heterocycles. The number of aromatic hydroxyl groups is 1. The van der Waals surface area contributed by atoms with Crippen molar-refractivity contribution in [2.24, 2.45) is 5.73 Å². The van der Waals surface area contributed by atoms with Crippen LogP contribution in [0.1, 0.15) is 13.3 Å². The van der Waals surface area contributed by atoms with Gasteiger partial charge in [-0.05, 0) is 46.5 Å². The van der Waals surface area contributed by atoms with E-state index in [-0.39, 0.29) is 11.8 Å². The third kappa shape index (κ3) is 4.05. The van der Waals surface area contributed by atoms with Crippen LogP contribution in [0.4, 0.5) is 5.82 Å². The quantitative estimate of drug-likeness (QED) is 0.444. The molecule has 5 nitrogen and oxygen atoms in total. The first-order valence-electron chi connectivity index (χ1n) is 9.79. The third-order valence-electron chi connectivity index (χ3n) is 5.06. The molecule has 4 aromatic rings. The van der Waals surface area contributed by atoms with Crippen LogP contribution >= 0.6 is 0 Å². The number of phenolic OH excluding ortho intramolecular Hbond substituents is 1. The topological polar surface area (TPSA) is 84.1 Å². The van der Waals surface area contributed by atoms with E-state index in [0.29, 0.717) is 23.8 Å². The highest BCUT2D eigenvalue weighted by Gasteiger charge is 2.12. The van der Waals surface area contributed by atoms with Crippen molar-refractivity contribution in [2.75, 3.05) is 11.9 Å². The SMILES string of the molecule is CCC(N)CNc1ccnc(-c2cc(-c3cccc4ccccc34)ccc2O)n1. The molecule has 0 amide bonds. The van der Waals surface area contributed by atoms with E-state index in [9.17, 15) is 5.11 Å². The van der Waals surface area contributed by atoms with E-state index in [1.165, 1.54) is 5.39 Å². The summed E-state index contributed by atoms with van der Waals surface area (Å²) in [4.78, 5) is 8.94. The molecule has 0 saturated carbocycles. The molecule has 1 atom stereocenters. The summed E-state index contributed by atoms with van der Waals surface area (Å²) in [5.74, 6) is 1.31. The van der Waals surface area contributed by atoms with Gasteiger partial charge in [0.25, 0.3) is 0 Å². The first-order valence-corrected chi connectivity index (χ1v) is 9.79. The average Bonchev–Trinajstić information content (AvgIpc) is 2.77. The van der Waals surface area contributed by atoms with Crippen molar-refractivity contribution in [3.05, 3.63) is 72.9 Å². The number of hydrogen-bond acceptors (Lipinski definition) is 5. The lowest BCUT2D eigenvalue weighted by atomic mass is 9.96. The molecule has 146 valence electrons. The van der Waals surface area contributed by atoms with E-state index in [4.69, 9.17) is 5.73 Å². The van der Waals surface area contributed by atoms with Gasteiger partial charge in [-0.15, -0.1) is 0 Å². The minimum Gasteiger partial charge on any atom is -0.507 e. The van der Waals surface area contributed by atoms with Gasteiger partial charge in [0.15, 0.2) is 5.82 Å². The number of aromatic nitrogens is 2.